The van der Waals surface area contributed by atoms with Crippen LogP contribution in [0.4, 0.5) is 15.0 Å². The molecule has 5 heteroatoms. The molecule has 31 heavy (non-hydrogen) atoms. The molecule has 1 atom stereocenters. The molecular weight excluding hydrogens is 389 g/mol. The summed E-state index contributed by atoms with van der Waals surface area (Å²) < 4.78 is 14.1. The van der Waals surface area contributed by atoms with Gasteiger partial charge in [0.1, 0.15) is 11.6 Å². The number of halogens is 1. The third kappa shape index (κ3) is 5.04. The Morgan fingerprint density at radius 2 is 2.03 bits per heavy atom. The lowest BCUT2D eigenvalue weighted by Gasteiger charge is -2.26. The number of urea groups is 1. The molecule has 0 saturated carbocycles. The molecule has 1 fully saturated rings. The zero-order valence-corrected chi connectivity index (χ0v) is 18.9. The number of carbonyl (C=O) groups is 1. The molecule has 0 N–H and O–H groups in total. The van der Waals surface area contributed by atoms with E-state index in [0.717, 1.165) is 35.1 Å². The van der Waals surface area contributed by atoms with Crippen molar-refractivity contribution < 1.29 is 9.18 Å². The maximum Gasteiger partial charge on any atom is 0.326 e. The van der Waals surface area contributed by atoms with Crippen molar-refractivity contribution in [1.82, 2.24) is 9.88 Å². The van der Waals surface area contributed by atoms with Gasteiger partial charge in [-0.1, -0.05) is 52.0 Å². The lowest BCUT2D eigenvalue weighted by atomic mass is 10.0. The number of anilines is 1. The molecule has 0 spiro atoms. The lowest BCUT2D eigenvalue weighted by Crippen LogP contribution is -2.37. The Morgan fingerprint density at radius 3 is 2.61 bits per heavy atom. The Kier molecular flexibility index (Phi) is 7.26. The summed E-state index contributed by atoms with van der Waals surface area (Å²) in [5.41, 5.74) is 3.77. The SMILES string of the molecule is C=C/C(=C\C)c1ccc(N2CC(C(C)C)N(Cc3cc(F)cc(CCC)c3)C2=O)nc1. The highest BCUT2D eigenvalue weighted by atomic mass is 19.1. The second kappa shape index (κ2) is 9.90. The van der Waals surface area contributed by atoms with E-state index in [9.17, 15) is 9.18 Å². The highest BCUT2D eigenvalue weighted by molar-refractivity contribution is 5.94. The average Bonchev–Trinajstić information content (AvgIpc) is 3.06. The molecule has 0 aliphatic carbocycles. The van der Waals surface area contributed by atoms with Gasteiger partial charge < -0.3 is 4.90 Å². The normalized spacial score (nSPS) is 17.0. The Morgan fingerprint density at radius 1 is 1.29 bits per heavy atom. The second-order valence-electron chi connectivity index (χ2n) is 8.40. The molecule has 0 radical (unpaired) electrons. The van der Waals surface area contributed by atoms with E-state index >= 15 is 0 Å². The monoisotopic (exact) mass is 421 g/mol. The van der Waals surface area contributed by atoms with Crippen LogP contribution in [0.25, 0.3) is 5.57 Å². The van der Waals surface area contributed by atoms with Gasteiger partial charge >= 0.3 is 6.03 Å². The van der Waals surface area contributed by atoms with E-state index in [1.54, 1.807) is 23.2 Å². The van der Waals surface area contributed by atoms with Crippen molar-refractivity contribution in [3.05, 3.63) is 77.8 Å². The first-order valence-electron chi connectivity index (χ1n) is 11.0. The van der Waals surface area contributed by atoms with E-state index in [1.165, 1.54) is 6.07 Å². The van der Waals surface area contributed by atoms with Crippen molar-refractivity contribution >= 4 is 17.4 Å². The molecule has 1 aliphatic rings. The Hall–Kier alpha value is -2.95. The first kappa shape index (κ1) is 22.7. The first-order chi connectivity index (χ1) is 14.9. The number of amides is 2. The fourth-order valence-corrected chi connectivity index (χ4v) is 4.16. The molecule has 4 nitrogen and oxygen atoms in total. The van der Waals surface area contributed by atoms with Crippen LogP contribution in [0.3, 0.4) is 0 Å². The Bertz CT molecular complexity index is 965. The molecule has 1 unspecified atom stereocenters. The van der Waals surface area contributed by atoms with Crippen molar-refractivity contribution in [2.45, 2.75) is 53.1 Å². The van der Waals surface area contributed by atoms with Crippen molar-refractivity contribution in [3.63, 3.8) is 0 Å². The number of hydrogen-bond donors (Lipinski definition) is 0. The van der Waals surface area contributed by atoms with Crippen LogP contribution >= 0.6 is 0 Å². The van der Waals surface area contributed by atoms with Crippen LogP contribution in [0.15, 0.2) is 55.3 Å². The first-order valence-corrected chi connectivity index (χ1v) is 11.0. The molecule has 2 heterocycles. The van der Waals surface area contributed by atoms with Crippen molar-refractivity contribution in [3.8, 4) is 0 Å². The quantitative estimate of drug-likeness (QED) is 0.474. The maximum atomic E-state index is 14.1. The van der Waals surface area contributed by atoms with Gasteiger partial charge in [-0.25, -0.2) is 14.2 Å². The topological polar surface area (TPSA) is 36.4 Å². The number of carbonyl (C=O) groups excluding carboxylic acids is 1. The molecule has 1 aliphatic heterocycles. The summed E-state index contributed by atoms with van der Waals surface area (Å²) >= 11 is 0. The smallest absolute Gasteiger partial charge is 0.315 e. The predicted octanol–water partition coefficient (Wildman–Crippen LogP) is 6.23. The summed E-state index contributed by atoms with van der Waals surface area (Å²) in [6, 6.07) is 8.92. The number of aryl methyl sites for hydroxylation is 1. The van der Waals surface area contributed by atoms with Gasteiger partial charge in [0.15, 0.2) is 0 Å². The molecule has 2 aromatic rings. The fourth-order valence-electron chi connectivity index (χ4n) is 4.16. The number of benzene rings is 1. The minimum absolute atomic E-state index is 0.0335. The minimum atomic E-state index is -0.246. The molecule has 0 bridgehead atoms. The van der Waals surface area contributed by atoms with Gasteiger partial charge in [0.25, 0.3) is 0 Å². The maximum absolute atomic E-state index is 14.1. The van der Waals surface area contributed by atoms with Gasteiger partial charge in [-0.3, -0.25) is 4.90 Å². The van der Waals surface area contributed by atoms with Crippen LogP contribution in [-0.4, -0.2) is 28.5 Å². The number of allylic oxidation sites excluding steroid dienone is 3. The Labute approximate surface area is 185 Å². The molecular formula is C26H32FN3O. The summed E-state index contributed by atoms with van der Waals surface area (Å²) in [7, 11) is 0. The Balaban J connectivity index is 1.86. The number of rotatable bonds is 8. The summed E-state index contributed by atoms with van der Waals surface area (Å²) in [6.45, 7) is 13.0. The third-order valence-electron chi connectivity index (χ3n) is 5.81. The van der Waals surface area contributed by atoms with Crippen molar-refractivity contribution in [2.75, 3.05) is 11.4 Å². The van der Waals surface area contributed by atoms with Crippen molar-refractivity contribution in [1.29, 1.82) is 0 Å². The standard InChI is InChI=1S/C26H32FN3O/c1-6-9-19-12-20(14-23(27)13-19)16-29-24(18(4)5)17-30(26(29)31)25-11-10-22(15-28-25)21(7-2)8-3/h7-8,10-15,18,24H,2,6,9,16-17H2,1,3-5H3/b21-8+. The molecule has 1 aromatic heterocycles. The number of aromatic nitrogens is 1. The molecule has 164 valence electrons. The number of pyridine rings is 1. The van der Waals surface area contributed by atoms with Crippen LogP contribution in [0.2, 0.25) is 0 Å². The molecule has 1 aromatic carbocycles. The fraction of sp³-hybridized carbons (Fsp3) is 0.385. The zero-order chi connectivity index (χ0) is 22.5. The van der Waals surface area contributed by atoms with Crippen LogP contribution in [0.1, 0.15) is 50.8 Å². The average molecular weight is 422 g/mol. The van der Waals surface area contributed by atoms with Crippen LogP contribution in [0.5, 0.6) is 0 Å². The van der Waals surface area contributed by atoms with E-state index in [0.29, 0.717) is 18.9 Å². The van der Waals surface area contributed by atoms with E-state index in [1.807, 2.05) is 36.1 Å². The number of hydrogen-bond acceptors (Lipinski definition) is 2. The van der Waals surface area contributed by atoms with Crippen molar-refractivity contribution in [2.24, 2.45) is 5.92 Å². The van der Waals surface area contributed by atoms with E-state index in [-0.39, 0.29) is 23.8 Å². The second-order valence-corrected chi connectivity index (χ2v) is 8.40. The molecule has 1 saturated heterocycles. The van der Waals surface area contributed by atoms with E-state index < -0.39 is 0 Å². The molecule has 2 amide bonds. The van der Waals surface area contributed by atoms with Gasteiger partial charge in [0, 0.05) is 19.3 Å². The molecule has 3 rings (SSSR count). The van der Waals surface area contributed by atoms with Crippen LogP contribution in [0, 0.1) is 11.7 Å². The van der Waals surface area contributed by atoms with Gasteiger partial charge in [-0.05, 0) is 65.8 Å². The lowest BCUT2D eigenvalue weighted by molar-refractivity contribution is 0.187. The summed E-state index contributed by atoms with van der Waals surface area (Å²) in [4.78, 5) is 21.5. The summed E-state index contributed by atoms with van der Waals surface area (Å²) in [5.74, 6) is 0.657. The summed E-state index contributed by atoms with van der Waals surface area (Å²) in [5, 5.41) is 0. The van der Waals surface area contributed by atoms with Gasteiger partial charge in [-0.2, -0.15) is 0 Å². The van der Waals surface area contributed by atoms with Gasteiger partial charge in [0.05, 0.1) is 6.04 Å². The van der Waals surface area contributed by atoms with E-state index in [4.69, 9.17) is 0 Å². The third-order valence-corrected chi connectivity index (χ3v) is 5.81. The van der Waals surface area contributed by atoms with Crippen LogP contribution in [-0.2, 0) is 13.0 Å². The highest BCUT2D eigenvalue weighted by Gasteiger charge is 2.40. The summed E-state index contributed by atoms with van der Waals surface area (Å²) in [6.07, 6.45) is 7.33. The largest absolute Gasteiger partial charge is 0.326 e. The van der Waals surface area contributed by atoms with E-state index in [2.05, 4.69) is 32.3 Å². The highest BCUT2D eigenvalue weighted by Crippen LogP contribution is 2.29. The minimum Gasteiger partial charge on any atom is -0.315 e. The number of nitrogens with zero attached hydrogens (tertiary/aromatic N) is 3. The van der Waals surface area contributed by atoms with Gasteiger partial charge in [0.2, 0.25) is 0 Å². The van der Waals surface area contributed by atoms with Crippen LogP contribution < -0.4 is 4.90 Å². The zero-order valence-electron chi connectivity index (χ0n) is 18.9. The predicted molar refractivity (Wildman–Crippen MR) is 125 cm³/mol. The van der Waals surface area contributed by atoms with Gasteiger partial charge in [-0.15, -0.1) is 0 Å².